The Morgan fingerprint density at radius 3 is 2.41 bits per heavy atom. The van der Waals surface area contributed by atoms with Crippen LogP contribution in [0.25, 0.3) is 5.52 Å². The molecule has 32 heavy (non-hydrogen) atoms. The molecule has 1 amide bonds. The highest BCUT2D eigenvalue weighted by Gasteiger charge is 2.26. The van der Waals surface area contributed by atoms with Crippen molar-refractivity contribution in [3.8, 4) is 0 Å². The molecular formula is C24H20N4O4. The predicted octanol–water partition coefficient (Wildman–Crippen LogP) is 4.53. The van der Waals surface area contributed by atoms with Gasteiger partial charge < -0.3 is 15.5 Å². The number of fused-ring (bicyclic) bond motifs is 1. The van der Waals surface area contributed by atoms with Gasteiger partial charge in [-0.25, -0.2) is 0 Å². The molecule has 3 N–H and O–H groups in total. The Balaban J connectivity index is 1.78. The van der Waals surface area contributed by atoms with Gasteiger partial charge in [-0.15, -0.1) is 0 Å². The van der Waals surface area contributed by atoms with Crippen molar-refractivity contribution in [1.82, 2.24) is 4.40 Å². The van der Waals surface area contributed by atoms with Crippen LogP contribution < -0.4 is 11.1 Å². The maximum Gasteiger partial charge on any atom is 0.269 e. The van der Waals surface area contributed by atoms with Crippen LogP contribution in [-0.2, 0) is 0 Å². The molecule has 0 saturated carbocycles. The first kappa shape index (κ1) is 20.8. The van der Waals surface area contributed by atoms with Gasteiger partial charge in [0.1, 0.15) is 5.69 Å². The monoisotopic (exact) mass is 428 g/mol. The highest BCUT2D eigenvalue weighted by Crippen LogP contribution is 2.30. The van der Waals surface area contributed by atoms with Gasteiger partial charge in [0, 0.05) is 29.6 Å². The molecule has 8 heteroatoms. The van der Waals surface area contributed by atoms with E-state index in [2.05, 4.69) is 5.32 Å². The smallest absolute Gasteiger partial charge is 0.269 e. The highest BCUT2D eigenvalue weighted by molar-refractivity contribution is 6.20. The van der Waals surface area contributed by atoms with Crippen molar-refractivity contribution in [3.05, 3.63) is 105 Å². The van der Waals surface area contributed by atoms with E-state index in [0.717, 1.165) is 11.1 Å². The van der Waals surface area contributed by atoms with Gasteiger partial charge in [0.2, 0.25) is 5.78 Å². The summed E-state index contributed by atoms with van der Waals surface area (Å²) in [5.41, 5.74) is 9.92. The number of nitrogen functional groups attached to an aromatic ring is 1. The van der Waals surface area contributed by atoms with E-state index in [-0.39, 0.29) is 28.2 Å². The minimum Gasteiger partial charge on any atom is -0.396 e. The quantitative estimate of drug-likeness (QED) is 0.275. The van der Waals surface area contributed by atoms with Crippen LogP contribution in [0, 0.1) is 24.0 Å². The summed E-state index contributed by atoms with van der Waals surface area (Å²) in [5.74, 6) is -0.870. The number of carbonyl (C=O) groups is 2. The van der Waals surface area contributed by atoms with Gasteiger partial charge in [-0.05, 0) is 49.7 Å². The summed E-state index contributed by atoms with van der Waals surface area (Å²) in [5, 5.41) is 13.8. The van der Waals surface area contributed by atoms with Crippen LogP contribution in [0.15, 0.2) is 66.9 Å². The number of hydrogen-bond donors (Lipinski definition) is 2. The van der Waals surface area contributed by atoms with Crippen LogP contribution in [0.2, 0.25) is 0 Å². The molecule has 0 bridgehead atoms. The van der Waals surface area contributed by atoms with Gasteiger partial charge in [-0.3, -0.25) is 19.7 Å². The third kappa shape index (κ3) is 3.58. The second kappa shape index (κ2) is 7.99. The number of carbonyl (C=O) groups excluding carboxylic acids is 2. The molecule has 2 aromatic carbocycles. The first-order valence-corrected chi connectivity index (χ1v) is 9.84. The Morgan fingerprint density at radius 2 is 1.75 bits per heavy atom. The van der Waals surface area contributed by atoms with Gasteiger partial charge >= 0.3 is 0 Å². The Morgan fingerprint density at radius 1 is 1.03 bits per heavy atom. The molecule has 160 valence electrons. The average molecular weight is 428 g/mol. The lowest BCUT2D eigenvalue weighted by molar-refractivity contribution is -0.384. The number of nitro groups is 1. The van der Waals surface area contributed by atoms with E-state index in [4.69, 9.17) is 5.73 Å². The van der Waals surface area contributed by atoms with E-state index >= 15 is 0 Å². The standard InChI is InChI=1S/C24H20N4O4/c1-14-6-11-18(15(2)13-14)26-24(30)20-19-5-3-4-12-27(19)22(21(20)25)23(29)16-7-9-17(10-8-16)28(31)32/h3-13H,25H2,1-2H3,(H,26,30). The molecule has 2 aromatic heterocycles. The first-order chi connectivity index (χ1) is 15.3. The Kier molecular flexibility index (Phi) is 5.19. The molecule has 0 radical (unpaired) electrons. The Hall–Kier alpha value is -4.46. The molecule has 0 aliphatic heterocycles. The van der Waals surface area contributed by atoms with Crippen molar-refractivity contribution in [2.45, 2.75) is 13.8 Å². The second-order valence-corrected chi connectivity index (χ2v) is 7.50. The zero-order valence-electron chi connectivity index (χ0n) is 17.5. The van der Waals surface area contributed by atoms with Crippen LogP contribution >= 0.6 is 0 Å². The summed E-state index contributed by atoms with van der Waals surface area (Å²) in [7, 11) is 0. The SMILES string of the molecule is Cc1ccc(NC(=O)c2c(N)c(C(=O)c3ccc([N+](=O)[O-])cc3)n3ccccc23)c(C)c1. The second-order valence-electron chi connectivity index (χ2n) is 7.50. The topological polar surface area (TPSA) is 120 Å². The molecule has 0 unspecified atom stereocenters. The molecule has 0 aliphatic carbocycles. The number of pyridine rings is 1. The van der Waals surface area contributed by atoms with E-state index in [1.165, 1.54) is 24.3 Å². The van der Waals surface area contributed by atoms with Gasteiger partial charge in [-0.1, -0.05) is 23.8 Å². The number of ketones is 1. The fourth-order valence-corrected chi connectivity index (χ4v) is 3.71. The van der Waals surface area contributed by atoms with E-state index in [1.807, 2.05) is 32.0 Å². The molecule has 2 heterocycles. The lowest BCUT2D eigenvalue weighted by Crippen LogP contribution is -2.15. The van der Waals surface area contributed by atoms with Crippen LogP contribution in [0.3, 0.4) is 0 Å². The minimum absolute atomic E-state index is 0.0433. The average Bonchev–Trinajstić information content (AvgIpc) is 3.07. The first-order valence-electron chi connectivity index (χ1n) is 9.84. The van der Waals surface area contributed by atoms with Gasteiger partial charge in [0.15, 0.2) is 0 Å². The van der Waals surface area contributed by atoms with Crippen molar-refractivity contribution in [2.24, 2.45) is 0 Å². The summed E-state index contributed by atoms with van der Waals surface area (Å²) < 4.78 is 1.57. The predicted molar refractivity (Wildman–Crippen MR) is 122 cm³/mol. The number of aromatic nitrogens is 1. The zero-order chi connectivity index (χ0) is 23.0. The molecular weight excluding hydrogens is 408 g/mol. The number of nitrogens with zero attached hydrogens (tertiary/aromatic N) is 2. The van der Waals surface area contributed by atoms with Crippen LogP contribution in [0.4, 0.5) is 17.1 Å². The molecule has 0 saturated heterocycles. The molecule has 0 fully saturated rings. The normalized spacial score (nSPS) is 10.8. The molecule has 0 atom stereocenters. The maximum absolute atomic E-state index is 13.2. The Bertz CT molecular complexity index is 1390. The third-order valence-electron chi connectivity index (χ3n) is 5.29. The van der Waals surface area contributed by atoms with Gasteiger partial charge in [0.05, 0.1) is 21.7 Å². The third-order valence-corrected chi connectivity index (χ3v) is 5.29. The van der Waals surface area contributed by atoms with E-state index < -0.39 is 16.6 Å². The minimum atomic E-state index is -0.537. The summed E-state index contributed by atoms with van der Waals surface area (Å²) in [6.45, 7) is 3.86. The van der Waals surface area contributed by atoms with E-state index in [9.17, 15) is 19.7 Å². The Labute approximate surface area is 183 Å². The molecule has 0 aliphatic rings. The summed E-state index contributed by atoms with van der Waals surface area (Å²) >= 11 is 0. The highest BCUT2D eigenvalue weighted by atomic mass is 16.6. The lowest BCUT2D eigenvalue weighted by atomic mass is 10.1. The summed E-state index contributed by atoms with van der Waals surface area (Å²) in [6, 6.07) is 16.1. The van der Waals surface area contributed by atoms with Crippen molar-refractivity contribution in [3.63, 3.8) is 0 Å². The maximum atomic E-state index is 13.2. The molecule has 4 rings (SSSR count). The summed E-state index contributed by atoms with van der Waals surface area (Å²) in [6.07, 6.45) is 1.65. The van der Waals surface area contributed by atoms with Crippen LogP contribution in [0.5, 0.6) is 0 Å². The fourth-order valence-electron chi connectivity index (χ4n) is 3.71. The van der Waals surface area contributed by atoms with Crippen LogP contribution in [0.1, 0.15) is 37.5 Å². The number of nitrogens with two attached hydrogens (primary N) is 1. The van der Waals surface area contributed by atoms with Gasteiger partial charge in [0.25, 0.3) is 11.6 Å². The molecule has 4 aromatic rings. The zero-order valence-corrected chi connectivity index (χ0v) is 17.5. The number of rotatable bonds is 5. The summed E-state index contributed by atoms with van der Waals surface area (Å²) in [4.78, 5) is 36.8. The number of non-ortho nitro benzene ring substituents is 1. The van der Waals surface area contributed by atoms with E-state index in [1.54, 1.807) is 28.8 Å². The van der Waals surface area contributed by atoms with Crippen molar-refractivity contribution < 1.29 is 14.5 Å². The molecule has 0 spiro atoms. The number of amides is 1. The number of anilines is 2. The van der Waals surface area contributed by atoms with Crippen molar-refractivity contribution in [1.29, 1.82) is 0 Å². The van der Waals surface area contributed by atoms with Crippen molar-refractivity contribution in [2.75, 3.05) is 11.1 Å². The van der Waals surface area contributed by atoms with Gasteiger partial charge in [-0.2, -0.15) is 0 Å². The number of nitrogens with one attached hydrogen (secondary N) is 1. The number of hydrogen-bond acceptors (Lipinski definition) is 5. The molecule has 8 nitrogen and oxygen atoms in total. The largest absolute Gasteiger partial charge is 0.396 e. The lowest BCUT2D eigenvalue weighted by Gasteiger charge is -2.09. The van der Waals surface area contributed by atoms with Crippen molar-refractivity contribution >= 4 is 34.3 Å². The number of benzene rings is 2. The number of aryl methyl sites for hydroxylation is 2. The number of nitro benzene ring substituents is 1. The fraction of sp³-hybridized carbons (Fsp3) is 0.0833. The van der Waals surface area contributed by atoms with Crippen LogP contribution in [-0.4, -0.2) is 21.0 Å². The van der Waals surface area contributed by atoms with E-state index in [0.29, 0.717) is 11.2 Å².